The number of nitrogens with zero attached hydrogens (tertiary/aromatic N) is 2. The van der Waals surface area contributed by atoms with Crippen molar-refractivity contribution in [3.8, 4) is 18.1 Å². The fourth-order valence-electron chi connectivity index (χ4n) is 2.75. The van der Waals surface area contributed by atoms with Crippen molar-refractivity contribution >= 4 is 11.6 Å². The molecule has 21 heavy (non-hydrogen) atoms. The minimum atomic E-state index is 0.0379. The van der Waals surface area contributed by atoms with Crippen LogP contribution in [0.2, 0.25) is 0 Å². The lowest BCUT2D eigenvalue weighted by molar-refractivity contribution is 0.0648. The van der Waals surface area contributed by atoms with Crippen molar-refractivity contribution in [2.45, 2.75) is 0 Å². The Morgan fingerprint density at radius 1 is 1.33 bits per heavy atom. The number of hydrogen-bond acceptors (Lipinski definition) is 4. The van der Waals surface area contributed by atoms with Gasteiger partial charge in [0.05, 0.1) is 17.8 Å². The van der Waals surface area contributed by atoms with E-state index in [1.165, 1.54) is 0 Å². The van der Waals surface area contributed by atoms with E-state index in [4.69, 9.17) is 11.2 Å². The first kappa shape index (κ1) is 13.8. The number of hydrogen-bond donors (Lipinski definition) is 1. The molecule has 2 heterocycles. The van der Waals surface area contributed by atoms with Crippen molar-refractivity contribution in [2.75, 3.05) is 51.2 Å². The molecular formula is C16H19N3O2. The zero-order valence-corrected chi connectivity index (χ0v) is 12.0. The van der Waals surface area contributed by atoms with Crippen LogP contribution in [0.1, 0.15) is 10.4 Å². The van der Waals surface area contributed by atoms with Crippen molar-refractivity contribution in [3.05, 3.63) is 23.8 Å². The lowest BCUT2D eigenvalue weighted by atomic mass is 10.1. The molecule has 2 aliphatic heterocycles. The van der Waals surface area contributed by atoms with Gasteiger partial charge >= 0.3 is 0 Å². The molecule has 1 saturated heterocycles. The highest BCUT2D eigenvalue weighted by molar-refractivity contribution is 5.99. The number of carbonyl (C=O) groups is 1. The molecule has 5 heteroatoms. The van der Waals surface area contributed by atoms with Crippen LogP contribution in [-0.2, 0) is 0 Å². The summed E-state index contributed by atoms with van der Waals surface area (Å²) in [7, 11) is 0. The van der Waals surface area contributed by atoms with Gasteiger partial charge in [-0.15, -0.1) is 6.42 Å². The van der Waals surface area contributed by atoms with E-state index in [1.54, 1.807) is 0 Å². The van der Waals surface area contributed by atoms with Gasteiger partial charge in [0.1, 0.15) is 6.61 Å². The maximum atomic E-state index is 12.7. The fourth-order valence-corrected chi connectivity index (χ4v) is 2.75. The molecule has 2 aliphatic rings. The number of fused-ring (bicyclic) bond motifs is 1. The third-order valence-electron chi connectivity index (χ3n) is 3.88. The minimum absolute atomic E-state index is 0.0379. The molecule has 3 rings (SSSR count). The third-order valence-corrected chi connectivity index (χ3v) is 3.88. The molecular weight excluding hydrogens is 266 g/mol. The van der Waals surface area contributed by atoms with Crippen LogP contribution in [0.25, 0.3) is 0 Å². The fraction of sp³-hybridized carbons (Fsp3) is 0.438. The smallest absolute Gasteiger partial charge is 0.257 e. The van der Waals surface area contributed by atoms with Gasteiger partial charge < -0.3 is 15.0 Å². The maximum absolute atomic E-state index is 12.7. The summed E-state index contributed by atoms with van der Waals surface area (Å²) in [6, 6.07) is 5.67. The standard InChI is InChI=1S/C16H19N3O2/c1-2-7-18-8-10-19(11-9-18)16(20)13-4-3-5-14-15(13)21-12-6-17-14/h1,3-5,17H,6-12H2. The number of terminal acetylenes is 1. The number of rotatable bonds is 2. The molecule has 0 spiro atoms. The number of ether oxygens (including phenoxy) is 1. The Kier molecular flexibility index (Phi) is 3.98. The molecule has 1 N–H and O–H groups in total. The number of carbonyl (C=O) groups excluding carboxylic acids is 1. The maximum Gasteiger partial charge on any atom is 0.257 e. The molecule has 0 saturated carbocycles. The predicted octanol–water partition coefficient (Wildman–Crippen LogP) is 0.882. The topological polar surface area (TPSA) is 44.8 Å². The van der Waals surface area contributed by atoms with Crippen molar-refractivity contribution in [3.63, 3.8) is 0 Å². The molecule has 110 valence electrons. The summed E-state index contributed by atoms with van der Waals surface area (Å²) in [6.07, 6.45) is 5.33. The first-order chi connectivity index (χ1) is 10.3. The molecule has 1 aromatic carbocycles. The molecule has 5 nitrogen and oxygen atoms in total. The van der Waals surface area contributed by atoms with E-state index in [1.807, 2.05) is 23.1 Å². The van der Waals surface area contributed by atoms with Gasteiger partial charge in [-0.05, 0) is 12.1 Å². The molecule has 0 aromatic heterocycles. The predicted molar refractivity (Wildman–Crippen MR) is 81.6 cm³/mol. The molecule has 0 unspecified atom stereocenters. The molecule has 0 atom stereocenters. The molecule has 0 bridgehead atoms. The summed E-state index contributed by atoms with van der Waals surface area (Å²) in [5, 5.41) is 3.26. The normalized spacial score (nSPS) is 18.1. The molecule has 1 fully saturated rings. The molecule has 0 aliphatic carbocycles. The number of piperazine rings is 1. The Morgan fingerprint density at radius 3 is 2.90 bits per heavy atom. The zero-order chi connectivity index (χ0) is 14.7. The molecule has 1 aromatic rings. The summed E-state index contributed by atoms with van der Waals surface area (Å²) in [5.74, 6) is 3.37. The van der Waals surface area contributed by atoms with Crippen molar-refractivity contribution in [2.24, 2.45) is 0 Å². The number of nitrogens with one attached hydrogen (secondary N) is 1. The summed E-state index contributed by atoms with van der Waals surface area (Å²) in [4.78, 5) is 16.8. The van der Waals surface area contributed by atoms with Gasteiger partial charge in [-0.1, -0.05) is 12.0 Å². The van der Waals surface area contributed by atoms with Gasteiger partial charge in [0, 0.05) is 32.7 Å². The van der Waals surface area contributed by atoms with Gasteiger partial charge in [0.15, 0.2) is 5.75 Å². The monoisotopic (exact) mass is 285 g/mol. The Balaban J connectivity index is 1.73. The largest absolute Gasteiger partial charge is 0.489 e. The van der Waals surface area contributed by atoms with Crippen LogP contribution in [0, 0.1) is 12.3 Å². The Hall–Kier alpha value is -2.19. The van der Waals surface area contributed by atoms with Crippen LogP contribution >= 0.6 is 0 Å². The summed E-state index contributed by atoms with van der Waals surface area (Å²) >= 11 is 0. The van der Waals surface area contributed by atoms with Crippen LogP contribution in [0.15, 0.2) is 18.2 Å². The summed E-state index contributed by atoms with van der Waals surface area (Å²) in [5.41, 5.74) is 1.54. The van der Waals surface area contributed by atoms with Crippen molar-refractivity contribution < 1.29 is 9.53 Å². The third kappa shape index (κ3) is 2.81. The van der Waals surface area contributed by atoms with E-state index >= 15 is 0 Å². The summed E-state index contributed by atoms with van der Waals surface area (Å²) < 4.78 is 5.68. The Labute approximate surface area is 124 Å². The van der Waals surface area contributed by atoms with E-state index in [0.29, 0.717) is 37.6 Å². The first-order valence-corrected chi connectivity index (χ1v) is 7.24. The average Bonchev–Trinajstić information content (AvgIpc) is 2.55. The number of benzene rings is 1. The number of para-hydroxylation sites is 1. The summed E-state index contributed by atoms with van der Waals surface area (Å²) in [6.45, 7) is 5.07. The Morgan fingerprint density at radius 2 is 2.14 bits per heavy atom. The Bertz CT molecular complexity index is 571. The number of amides is 1. The second-order valence-electron chi connectivity index (χ2n) is 5.23. The van der Waals surface area contributed by atoms with Gasteiger partial charge in [0.2, 0.25) is 0 Å². The second kappa shape index (κ2) is 6.06. The van der Waals surface area contributed by atoms with Gasteiger partial charge in [0.25, 0.3) is 5.91 Å². The number of anilines is 1. The van der Waals surface area contributed by atoms with E-state index in [-0.39, 0.29) is 5.91 Å². The van der Waals surface area contributed by atoms with Crippen LogP contribution in [0.3, 0.4) is 0 Å². The minimum Gasteiger partial charge on any atom is -0.489 e. The highest BCUT2D eigenvalue weighted by atomic mass is 16.5. The lowest BCUT2D eigenvalue weighted by Crippen LogP contribution is -2.48. The van der Waals surface area contributed by atoms with Crippen LogP contribution < -0.4 is 10.1 Å². The van der Waals surface area contributed by atoms with E-state index in [2.05, 4.69) is 16.1 Å². The molecule has 0 radical (unpaired) electrons. The quantitative estimate of drug-likeness (QED) is 0.820. The highest BCUT2D eigenvalue weighted by Crippen LogP contribution is 2.32. The van der Waals surface area contributed by atoms with Gasteiger partial charge in [-0.25, -0.2) is 0 Å². The van der Waals surface area contributed by atoms with E-state index in [0.717, 1.165) is 25.3 Å². The first-order valence-electron chi connectivity index (χ1n) is 7.24. The van der Waals surface area contributed by atoms with Crippen molar-refractivity contribution in [1.82, 2.24) is 9.80 Å². The highest BCUT2D eigenvalue weighted by Gasteiger charge is 2.26. The van der Waals surface area contributed by atoms with Crippen molar-refractivity contribution in [1.29, 1.82) is 0 Å². The van der Waals surface area contributed by atoms with Gasteiger partial charge in [-0.2, -0.15) is 0 Å². The zero-order valence-electron chi connectivity index (χ0n) is 12.0. The van der Waals surface area contributed by atoms with Crippen LogP contribution in [0.5, 0.6) is 5.75 Å². The van der Waals surface area contributed by atoms with Crippen LogP contribution in [0.4, 0.5) is 5.69 Å². The lowest BCUT2D eigenvalue weighted by Gasteiger charge is -2.34. The van der Waals surface area contributed by atoms with E-state index < -0.39 is 0 Å². The average molecular weight is 285 g/mol. The molecule has 1 amide bonds. The van der Waals surface area contributed by atoms with Crippen LogP contribution in [-0.4, -0.2) is 61.6 Å². The second-order valence-corrected chi connectivity index (χ2v) is 5.23. The van der Waals surface area contributed by atoms with Gasteiger partial charge in [-0.3, -0.25) is 9.69 Å². The van der Waals surface area contributed by atoms with E-state index in [9.17, 15) is 4.79 Å². The SMILES string of the molecule is C#CCN1CCN(C(=O)c2cccc3c2OCCN3)CC1.